The third-order valence-corrected chi connectivity index (χ3v) is 4.23. The average molecular weight is 334 g/mol. The first-order valence-corrected chi connectivity index (χ1v) is 7.96. The van der Waals surface area contributed by atoms with Crippen molar-refractivity contribution in [1.82, 2.24) is 15.0 Å². The molecule has 126 valence electrons. The Morgan fingerprint density at radius 3 is 2.76 bits per heavy atom. The normalized spacial score (nSPS) is 11.0. The van der Waals surface area contributed by atoms with E-state index in [-0.39, 0.29) is 0 Å². The molecule has 6 nitrogen and oxygen atoms in total. The Balaban J connectivity index is 1.72. The standard InChI is InChI=1S/C19H18N4O2/c1-24-13-7-8-14-15(9-13)23-18-17(14)21-11-22-19(18)20-10-12-5-3-4-6-16(12)25-2/h3-9,11,23H,10H2,1-2H3,(H,20,21,22). The van der Waals surface area contributed by atoms with Crippen molar-refractivity contribution in [2.75, 3.05) is 19.5 Å². The number of hydrogen-bond donors (Lipinski definition) is 2. The highest BCUT2D eigenvalue weighted by molar-refractivity contribution is 6.08. The molecule has 0 aliphatic carbocycles. The number of rotatable bonds is 5. The molecule has 0 atom stereocenters. The lowest BCUT2D eigenvalue weighted by molar-refractivity contribution is 0.410. The van der Waals surface area contributed by atoms with Gasteiger partial charge in [-0.05, 0) is 18.2 Å². The van der Waals surface area contributed by atoms with Crippen molar-refractivity contribution in [2.24, 2.45) is 0 Å². The van der Waals surface area contributed by atoms with E-state index in [1.54, 1.807) is 20.5 Å². The summed E-state index contributed by atoms with van der Waals surface area (Å²) in [6.07, 6.45) is 1.57. The van der Waals surface area contributed by atoms with Crippen molar-refractivity contribution in [3.8, 4) is 11.5 Å². The number of nitrogens with one attached hydrogen (secondary N) is 2. The van der Waals surface area contributed by atoms with E-state index in [4.69, 9.17) is 9.47 Å². The monoisotopic (exact) mass is 334 g/mol. The molecule has 0 saturated heterocycles. The summed E-state index contributed by atoms with van der Waals surface area (Å²) in [4.78, 5) is 12.2. The number of nitrogens with zero attached hydrogens (tertiary/aromatic N) is 2. The molecule has 0 aliphatic heterocycles. The molecule has 0 amide bonds. The summed E-state index contributed by atoms with van der Waals surface area (Å²) in [6.45, 7) is 0.606. The second kappa shape index (κ2) is 6.32. The number of H-pyrrole nitrogens is 1. The first kappa shape index (κ1) is 15.3. The maximum Gasteiger partial charge on any atom is 0.154 e. The summed E-state index contributed by atoms with van der Waals surface area (Å²) in [7, 11) is 3.33. The summed E-state index contributed by atoms with van der Waals surface area (Å²) in [5.41, 5.74) is 3.79. The number of methoxy groups -OCH3 is 2. The number of aromatic amines is 1. The molecule has 0 bridgehead atoms. The van der Waals surface area contributed by atoms with E-state index in [1.165, 1.54) is 0 Å². The minimum atomic E-state index is 0.606. The number of hydrogen-bond acceptors (Lipinski definition) is 5. The highest BCUT2D eigenvalue weighted by atomic mass is 16.5. The maximum atomic E-state index is 5.40. The van der Waals surface area contributed by atoms with Gasteiger partial charge in [0.2, 0.25) is 0 Å². The van der Waals surface area contributed by atoms with Crippen LogP contribution in [0.15, 0.2) is 48.8 Å². The first-order chi connectivity index (χ1) is 12.3. The molecule has 0 radical (unpaired) electrons. The van der Waals surface area contributed by atoms with Crippen LogP contribution in [0.2, 0.25) is 0 Å². The first-order valence-electron chi connectivity index (χ1n) is 7.96. The zero-order chi connectivity index (χ0) is 17.2. The molecule has 2 aromatic carbocycles. The van der Waals surface area contributed by atoms with Gasteiger partial charge in [0.15, 0.2) is 5.82 Å². The van der Waals surface area contributed by atoms with Crippen molar-refractivity contribution in [2.45, 2.75) is 6.54 Å². The van der Waals surface area contributed by atoms with Crippen LogP contribution in [-0.2, 0) is 6.54 Å². The van der Waals surface area contributed by atoms with E-state index in [0.717, 1.165) is 44.8 Å². The van der Waals surface area contributed by atoms with E-state index in [1.807, 2.05) is 42.5 Å². The van der Waals surface area contributed by atoms with Crippen LogP contribution in [0.4, 0.5) is 5.82 Å². The lowest BCUT2D eigenvalue weighted by Gasteiger charge is -2.10. The Kier molecular flexibility index (Phi) is 3.85. The third-order valence-electron chi connectivity index (χ3n) is 4.23. The molecule has 6 heteroatoms. The van der Waals surface area contributed by atoms with Crippen LogP contribution in [0.1, 0.15) is 5.56 Å². The van der Waals surface area contributed by atoms with Crippen molar-refractivity contribution in [3.63, 3.8) is 0 Å². The molecular formula is C19H18N4O2. The van der Waals surface area contributed by atoms with Crippen LogP contribution in [0.5, 0.6) is 11.5 Å². The van der Waals surface area contributed by atoms with E-state index < -0.39 is 0 Å². The quantitative estimate of drug-likeness (QED) is 0.582. The number of fused-ring (bicyclic) bond motifs is 3. The van der Waals surface area contributed by atoms with Crippen LogP contribution in [-0.4, -0.2) is 29.2 Å². The van der Waals surface area contributed by atoms with Gasteiger partial charge in [0, 0.05) is 23.6 Å². The number of ether oxygens (including phenoxy) is 2. The Morgan fingerprint density at radius 1 is 1.04 bits per heavy atom. The summed E-state index contributed by atoms with van der Waals surface area (Å²) < 4.78 is 10.7. The number of aromatic nitrogens is 3. The van der Waals surface area contributed by atoms with Crippen LogP contribution >= 0.6 is 0 Å². The van der Waals surface area contributed by atoms with Gasteiger partial charge in [0.05, 0.1) is 19.7 Å². The van der Waals surface area contributed by atoms with Crippen molar-refractivity contribution >= 4 is 27.8 Å². The van der Waals surface area contributed by atoms with Gasteiger partial charge in [-0.1, -0.05) is 18.2 Å². The molecule has 2 N–H and O–H groups in total. The summed E-state index contributed by atoms with van der Waals surface area (Å²) in [5.74, 6) is 2.41. The van der Waals surface area contributed by atoms with Gasteiger partial charge in [-0.25, -0.2) is 9.97 Å². The van der Waals surface area contributed by atoms with Gasteiger partial charge < -0.3 is 19.8 Å². The minimum absolute atomic E-state index is 0.606. The highest BCUT2D eigenvalue weighted by Gasteiger charge is 2.11. The Labute approximate surface area is 144 Å². The summed E-state index contributed by atoms with van der Waals surface area (Å²) >= 11 is 0. The lowest BCUT2D eigenvalue weighted by atomic mass is 10.2. The fourth-order valence-corrected chi connectivity index (χ4v) is 2.97. The number of anilines is 1. The molecule has 0 fully saturated rings. The predicted molar refractivity (Wildman–Crippen MR) is 98.3 cm³/mol. The molecule has 0 unspecified atom stereocenters. The van der Waals surface area contributed by atoms with Crippen molar-refractivity contribution < 1.29 is 9.47 Å². The SMILES string of the molecule is COc1ccc2c(c1)[nH]c1c(NCc3ccccc3OC)ncnc12. The van der Waals surface area contributed by atoms with E-state index in [0.29, 0.717) is 6.54 Å². The van der Waals surface area contributed by atoms with Gasteiger partial charge in [-0.15, -0.1) is 0 Å². The van der Waals surface area contributed by atoms with Gasteiger partial charge in [-0.3, -0.25) is 0 Å². The number of benzene rings is 2. The number of para-hydroxylation sites is 1. The minimum Gasteiger partial charge on any atom is -0.497 e. The van der Waals surface area contributed by atoms with Gasteiger partial charge in [0.1, 0.15) is 28.9 Å². The van der Waals surface area contributed by atoms with Crippen molar-refractivity contribution in [1.29, 1.82) is 0 Å². The maximum absolute atomic E-state index is 5.40. The zero-order valence-corrected chi connectivity index (χ0v) is 14.0. The average Bonchev–Trinajstić information content (AvgIpc) is 3.04. The van der Waals surface area contributed by atoms with E-state index >= 15 is 0 Å². The summed E-state index contributed by atoms with van der Waals surface area (Å²) in [5, 5.41) is 4.41. The molecule has 0 aliphatic rings. The van der Waals surface area contributed by atoms with Gasteiger partial charge >= 0.3 is 0 Å². The molecule has 2 aromatic heterocycles. The van der Waals surface area contributed by atoms with E-state index in [9.17, 15) is 0 Å². The smallest absolute Gasteiger partial charge is 0.154 e. The molecular weight excluding hydrogens is 316 g/mol. The highest BCUT2D eigenvalue weighted by Crippen LogP contribution is 2.30. The Morgan fingerprint density at radius 2 is 1.92 bits per heavy atom. The molecule has 0 saturated carbocycles. The molecule has 2 heterocycles. The zero-order valence-electron chi connectivity index (χ0n) is 14.0. The van der Waals surface area contributed by atoms with Crippen molar-refractivity contribution in [3.05, 3.63) is 54.4 Å². The second-order valence-electron chi connectivity index (χ2n) is 5.65. The van der Waals surface area contributed by atoms with Gasteiger partial charge in [-0.2, -0.15) is 0 Å². The largest absolute Gasteiger partial charge is 0.497 e. The second-order valence-corrected chi connectivity index (χ2v) is 5.65. The molecule has 4 aromatic rings. The fraction of sp³-hybridized carbons (Fsp3) is 0.158. The van der Waals surface area contributed by atoms with Crippen LogP contribution in [0.25, 0.3) is 21.9 Å². The summed E-state index contributed by atoms with van der Waals surface area (Å²) in [6, 6.07) is 13.8. The predicted octanol–water partition coefficient (Wildman–Crippen LogP) is 3.74. The van der Waals surface area contributed by atoms with E-state index in [2.05, 4.69) is 20.3 Å². The molecule has 4 rings (SSSR count). The topological polar surface area (TPSA) is 72.1 Å². The Hall–Kier alpha value is -3.28. The van der Waals surface area contributed by atoms with Crippen LogP contribution in [0, 0.1) is 0 Å². The van der Waals surface area contributed by atoms with Gasteiger partial charge in [0.25, 0.3) is 0 Å². The third kappa shape index (κ3) is 2.71. The van der Waals surface area contributed by atoms with Crippen LogP contribution in [0.3, 0.4) is 0 Å². The van der Waals surface area contributed by atoms with Crippen LogP contribution < -0.4 is 14.8 Å². The Bertz CT molecular complexity index is 1040. The molecule has 0 spiro atoms. The lowest BCUT2D eigenvalue weighted by Crippen LogP contribution is -2.04. The fourth-order valence-electron chi connectivity index (χ4n) is 2.97. The molecule has 25 heavy (non-hydrogen) atoms.